The SMILES string of the molecule is O=C(c1ccc(Cl)cc1Cl)N1CCCC1c1nc(C2CC2)no1. The van der Waals surface area contributed by atoms with Crippen LogP contribution in [-0.2, 0) is 0 Å². The van der Waals surface area contributed by atoms with Crippen LogP contribution in [0.3, 0.4) is 0 Å². The average molecular weight is 352 g/mol. The molecule has 1 saturated carbocycles. The molecule has 5 nitrogen and oxygen atoms in total. The third-order valence-corrected chi connectivity index (χ3v) is 4.91. The third kappa shape index (κ3) is 2.83. The van der Waals surface area contributed by atoms with Gasteiger partial charge in [-0.25, -0.2) is 0 Å². The molecule has 2 heterocycles. The summed E-state index contributed by atoms with van der Waals surface area (Å²) in [6.45, 7) is 0.656. The first-order valence-corrected chi connectivity index (χ1v) is 8.48. The van der Waals surface area contributed by atoms with E-state index in [4.69, 9.17) is 27.7 Å². The number of halogens is 2. The lowest BCUT2D eigenvalue weighted by atomic mass is 10.1. The molecule has 1 aromatic carbocycles. The highest BCUT2D eigenvalue weighted by Gasteiger charge is 2.37. The molecule has 0 spiro atoms. The number of carbonyl (C=O) groups excluding carboxylic acids is 1. The van der Waals surface area contributed by atoms with Crippen LogP contribution in [0.25, 0.3) is 0 Å². The molecule has 0 radical (unpaired) electrons. The summed E-state index contributed by atoms with van der Waals surface area (Å²) in [6, 6.07) is 4.74. The molecule has 120 valence electrons. The van der Waals surface area contributed by atoms with Crippen LogP contribution in [-0.4, -0.2) is 27.5 Å². The van der Waals surface area contributed by atoms with Crippen molar-refractivity contribution in [3.8, 4) is 0 Å². The summed E-state index contributed by atoms with van der Waals surface area (Å²) in [5.74, 6) is 1.61. The maximum Gasteiger partial charge on any atom is 0.256 e. The number of likely N-dealkylation sites (tertiary alicyclic amines) is 1. The van der Waals surface area contributed by atoms with E-state index in [1.807, 2.05) is 0 Å². The average Bonchev–Trinajstić information content (AvgIpc) is 3.07. The number of hydrogen-bond donors (Lipinski definition) is 0. The topological polar surface area (TPSA) is 59.2 Å². The Balaban J connectivity index is 1.59. The highest BCUT2D eigenvalue weighted by atomic mass is 35.5. The van der Waals surface area contributed by atoms with Crippen molar-refractivity contribution in [2.75, 3.05) is 6.54 Å². The summed E-state index contributed by atoms with van der Waals surface area (Å²) >= 11 is 12.1. The van der Waals surface area contributed by atoms with Crippen LogP contribution in [0.15, 0.2) is 22.7 Å². The van der Waals surface area contributed by atoms with E-state index < -0.39 is 0 Å². The van der Waals surface area contributed by atoms with Gasteiger partial charge in [0.1, 0.15) is 6.04 Å². The molecular formula is C16H15Cl2N3O2. The van der Waals surface area contributed by atoms with E-state index in [0.717, 1.165) is 31.5 Å². The molecule has 1 aromatic heterocycles. The van der Waals surface area contributed by atoms with E-state index in [9.17, 15) is 4.79 Å². The van der Waals surface area contributed by atoms with Crippen LogP contribution in [0.4, 0.5) is 0 Å². The fraction of sp³-hybridized carbons (Fsp3) is 0.438. The number of amides is 1. The van der Waals surface area contributed by atoms with Gasteiger partial charge in [-0.2, -0.15) is 4.98 Å². The van der Waals surface area contributed by atoms with E-state index in [1.54, 1.807) is 23.1 Å². The van der Waals surface area contributed by atoms with Crippen molar-refractivity contribution in [3.63, 3.8) is 0 Å². The van der Waals surface area contributed by atoms with Gasteiger partial charge in [0.05, 0.1) is 10.6 Å². The van der Waals surface area contributed by atoms with Crippen molar-refractivity contribution in [2.45, 2.75) is 37.6 Å². The zero-order valence-corrected chi connectivity index (χ0v) is 13.8. The number of hydrogen-bond acceptors (Lipinski definition) is 4. The van der Waals surface area contributed by atoms with Crippen LogP contribution in [0.2, 0.25) is 10.0 Å². The van der Waals surface area contributed by atoms with E-state index in [0.29, 0.717) is 34.0 Å². The van der Waals surface area contributed by atoms with Crippen LogP contribution in [0.1, 0.15) is 59.7 Å². The van der Waals surface area contributed by atoms with Crippen molar-refractivity contribution in [1.29, 1.82) is 0 Å². The van der Waals surface area contributed by atoms with Crippen molar-refractivity contribution >= 4 is 29.1 Å². The van der Waals surface area contributed by atoms with Gasteiger partial charge in [0.15, 0.2) is 5.82 Å². The zero-order valence-electron chi connectivity index (χ0n) is 12.3. The Labute approximate surface area is 143 Å². The normalized spacial score (nSPS) is 21.0. The summed E-state index contributed by atoms with van der Waals surface area (Å²) < 4.78 is 5.41. The Kier molecular flexibility index (Phi) is 3.77. The first-order chi connectivity index (χ1) is 11.1. The molecule has 7 heteroatoms. The van der Waals surface area contributed by atoms with Crippen LogP contribution >= 0.6 is 23.2 Å². The van der Waals surface area contributed by atoms with Gasteiger partial charge in [-0.05, 0) is 43.9 Å². The van der Waals surface area contributed by atoms with E-state index in [1.165, 1.54) is 0 Å². The van der Waals surface area contributed by atoms with Crippen molar-refractivity contribution < 1.29 is 9.32 Å². The molecule has 23 heavy (non-hydrogen) atoms. The van der Waals surface area contributed by atoms with Crippen molar-refractivity contribution in [3.05, 3.63) is 45.5 Å². The van der Waals surface area contributed by atoms with Crippen molar-refractivity contribution in [1.82, 2.24) is 15.0 Å². The molecule has 1 amide bonds. The Morgan fingerprint density at radius 2 is 2.09 bits per heavy atom. The highest BCUT2D eigenvalue weighted by molar-refractivity contribution is 6.36. The monoisotopic (exact) mass is 351 g/mol. The molecule has 1 aliphatic carbocycles. The van der Waals surface area contributed by atoms with Gasteiger partial charge in [0.25, 0.3) is 5.91 Å². The predicted octanol–water partition coefficient (Wildman–Crippen LogP) is 4.23. The molecule has 2 fully saturated rings. The molecule has 1 saturated heterocycles. The van der Waals surface area contributed by atoms with Gasteiger partial charge in [-0.15, -0.1) is 0 Å². The zero-order chi connectivity index (χ0) is 16.0. The highest BCUT2D eigenvalue weighted by Crippen LogP contribution is 2.40. The molecule has 2 aliphatic rings. The standard InChI is InChI=1S/C16H15Cl2N3O2/c17-10-5-6-11(12(18)8-10)16(22)21-7-1-2-13(21)15-19-14(20-23-15)9-3-4-9/h5-6,8-9,13H,1-4,7H2. The maximum atomic E-state index is 12.8. The van der Waals surface area contributed by atoms with Gasteiger partial charge < -0.3 is 9.42 Å². The summed E-state index contributed by atoms with van der Waals surface area (Å²) in [5, 5.41) is 4.92. The number of benzene rings is 1. The van der Waals surface area contributed by atoms with Gasteiger partial charge in [0, 0.05) is 17.5 Å². The first-order valence-electron chi connectivity index (χ1n) is 7.73. The molecule has 2 aromatic rings. The summed E-state index contributed by atoms with van der Waals surface area (Å²) in [6.07, 6.45) is 3.96. The molecule has 1 aliphatic heterocycles. The lowest BCUT2D eigenvalue weighted by molar-refractivity contribution is 0.0710. The first kappa shape index (κ1) is 15.0. The quantitative estimate of drug-likeness (QED) is 0.829. The smallest absolute Gasteiger partial charge is 0.256 e. The second kappa shape index (κ2) is 5.80. The lowest BCUT2D eigenvalue weighted by Crippen LogP contribution is -2.31. The van der Waals surface area contributed by atoms with Crippen LogP contribution in [0.5, 0.6) is 0 Å². The molecule has 0 bridgehead atoms. The largest absolute Gasteiger partial charge is 0.337 e. The number of nitrogens with zero attached hydrogens (tertiary/aromatic N) is 3. The van der Waals surface area contributed by atoms with Crippen LogP contribution < -0.4 is 0 Å². The Hall–Kier alpha value is -1.59. The number of rotatable bonds is 3. The van der Waals surface area contributed by atoms with E-state index >= 15 is 0 Å². The second-order valence-electron chi connectivity index (χ2n) is 6.05. The van der Waals surface area contributed by atoms with Gasteiger partial charge >= 0.3 is 0 Å². The van der Waals surface area contributed by atoms with Crippen molar-refractivity contribution in [2.24, 2.45) is 0 Å². The number of carbonyl (C=O) groups is 1. The maximum absolute atomic E-state index is 12.8. The Morgan fingerprint density at radius 1 is 1.26 bits per heavy atom. The van der Waals surface area contributed by atoms with Gasteiger partial charge in [-0.3, -0.25) is 4.79 Å². The predicted molar refractivity (Wildman–Crippen MR) is 85.7 cm³/mol. The van der Waals surface area contributed by atoms with Gasteiger partial charge in [-0.1, -0.05) is 28.4 Å². The van der Waals surface area contributed by atoms with Crippen LogP contribution in [0, 0.1) is 0 Å². The van der Waals surface area contributed by atoms with Gasteiger partial charge in [0.2, 0.25) is 5.89 Å². The molecular weight excluding hydrogens is 337 g/mol. The fourth-order valence-corrected chi connectivity index (χ4v) is 3.46. The summed E-state index contributed by atoms with van der Waals surface area (Å²) in [4.78, 5) is 19.1. The Morgan fingerprint density at radius 3 is 2.83 bits per heavy atom. The molecule has 1 atom stereocenters. The Bertz CT molecular complexity index is 758. The van der Waals surface area contributed by atoms with E-state index in [2.05, 4.69) is 10.1 Å². The fourth-order valence-electron chi connectivity index (χ4n) is 2.97. The minimum Gasteiger partial charge on any atom is -0.337 e. The van der Waals surface area contributed by atoms with E-state index in [-0.39, 0.29) is 11.9 Å². The molecule has 1 unspecified atom stereocenters. The second-order valence-corrected chi connectivity index (χ2v) is 6.89. The minimum absolute atomic E-state index is 0.125. The molecule has 0 N–H and O–H groups in total. The third-order valence-electron chi connectivity index (χ3n) is 4.36. The molecule has 4 rings (SSSR count). The summed E-state index contributed by atoms with van der Waals surface area (Å²) in [5.41, 5.74) is 0.449. The minimum atomic E-state index is -0.172. The lowest BCUT2D eigenvalue weighted by Gasteiger charge is -2.22. The number of aromatic nitrogens is 2. The summed E-state index contributed by atoms with van der Waals surface area (Å²) in [7, 11) is 0.